The first-order valence-electron chi connectivity index (χ1n) is 7.18. The normalized spacial score (nSPS) is 18.4. The minimum atomic E-state index is -5.33. The number of aliphatic hydroxyl groups excluding tert-OH is 1. The summed E-state index contributed by atoms with van der Waals surface area (Å²) in [5.41, 5.74) is -0.161. The van der Waals surface area contributed by atoms with Crippen molar-refractivity contribution in [3.05, 3.63) is 41.0 Å². The highest BCUT2D eigenvalue weighted by atomic mass is 31.2. The molecule has 7 nitrogen and oxygen atoms in total. The van der Waals surface area contributed by atoms with Gasteiger partial charge in [0.05, 0.1) is 6.10 Å². The number of hydrogen-bond acceptors (Lipinski definition) is 3. The maximum absolute atomic E-state index is 12.2. The second-order valence-electron chi connectivity index (χ2n) is 5.61. The van der Waals surface area contributed by atoms with E-state index in [1.54, 1.807) is 6.07 Å². The van der Waals surface area contributed by atoms with E-state index < -0.39 is 26.2 Å². The third-order valence-corrected chi connectivity index (χ3v) is 8.33. The zero-order chi connectivity index (χ0) is 17.5. The summed E-state index contributed by atoms with van der Waals surface area (Å²) in [6, 6.07) is 5.84. The molecular weight excluding hydrogens is 342 g/mol. The predicted octanol–water partition coefficient (Wildman–Crippen LogP) is 2.14. The van der Waals surface area contributed by atoms with Crippen molar-refractivity contribution in [3.63, 3.8) is 0 Å². The van der Waals surface area contributed by atoms with Crippen molar-refractivity contribution in [3.8, 4) is 0 Å². The molecule has 0 heterocycles. The number of fused-ring (bicyclic) bond motifs is 1. The highest BCUT2D eigenvalue weighted by Gasteiger charge is 2.67. The molecule has 9 heteroatoms. The lowest BCUT2D eigenvalue weighted by molar-refractivity contribution is 0.186. The molecule has 0 saturated heterocycles. The van der Waals surface area contributed by atoms with Crippen LogP contribution >= 0.6 is 15.2 Å². The summed E-state index contributed by atoms with van der Waals surface area (Å²) in [5.74, 6) is 0. The first-order chi connectivity index (χ1) is 10.6. The molecule has 1 aliphatic carbocycles. The maximum Gasteiger partial charge on any atom is 0.352 e. The van der Waals surface area contributed by atoms with E-state index in [0.29, 0.717) is 12.0 Å². The van der Waals surface area contributed by atoms with E-state index in [1.165, 1.54) is 24.3 Å². The third-order valence-electron chi connectivity index (χ3n) is 4.08. The third kappa shape index (κ3) is 2.87. The van der Waals surface area contributed by atoms with Crippen LogP contribution in [0, 0.1) is 0 Å². The average molecular weight is 362 g/mol. The van der Waals surface area contributed by atoms with Gasteiger partial charge in [0.1, 0.15) is 0 Å². The molecule has 0 radical (unpaired) electrons. The van der Waals surface area contributed by atoms with Gasteiger partial charge in [-0.2, -0.15) is 0 Å². The zero-order valence-electron chi connectivity index (χ0n) is 12.5. The van der Waals surface area contributed by atoms with Crippen molar-refractivity contribution in [2.75, 3.05) is 0 Å². The second kappa shape index (κ2) is 6.26. The van der Waals surface area contributed by atoms with Crippen molar-refractivity contribution >= 4 is 21.3 Å². The Morgan fingerprint density at radius 3 is 2.17 bits per heavy atom. The van der Waals surface area contributed by atoms with E-state index in [2.05, 4.69) is 0 Å². The predicted molar refractivity (Wildman–Crippen MR) is 85.7 cm³/mol. The monoisotopic (exact) mass is 362 g/mol. The molecule has 0 aromatic heterocycles. The van der Waals surface area contributed by atoms with Crippen molar-refractivity contribution in [2.24, 2.45) is 0 Å². The first-order valence-corrected chi connectivity index (χ1v) is 10.4. The minimum absolute atomic E-state index is 0.146. The van der Waals surface area contributed by atoms with Gasteiger partial charge in [-0.3, -0.25) is 9.13 Å². The fraction of sp³-hybridized carbons (Fsp3) is 0.429. The van der Waals surface area contributed by atoms with Gasteiger partial charge in [0.2, 0.25) is 4.90 Å². The SMILES string of the molecule is CCCCC(O)C1=Cc2ccccc2C1(P(=O)(O)O)P(=O)(O)O. The van der Waals surface area contributed by atoms with Gasteiger partial charge in [-0.15, -0.1) is 0 Å². The molecule has 1 atom stereocenters. The number of rotatable bonds is 6. The molecule has 1 aromatic rings. The van der Waals surface area contributed by atoms with Crippen LogP contribution in [0.4, 0.5) is 0 Å². The zero-order valence-corrected chi connectivity index (χ0v) is 14.3. The van der Waals surface area contributed by atoms with E-state index in [9.17, 15) is 33.8 Å². The smallest absolute Gasteiger partial charge is 0.352 e. The van der Waals surface area contributed by atoms with E-state index in [4.69, 9.17) is 0 Å². The molecule has 0 saturated carbocycles. The average Bonchev–Trinajstić information content (AvgIpc) is 2.80. The fourth-order valence-electron chi connectivity index (χ4n) is 3.07. The van der Waals surface area contributed by atoms with Crippen LogP contribution in [0.15, 0.2) is 29.8 Å². The van der Waals surface area contributed by atoms with E-state index in [0.717, 1.165) is 6.42 Å². The van der Waals surface area contributed by atoms with Crippen LogP contribution in [-0.4, -0.2) is 30.8 Å². The highest BCUT2D eigenvalue weighted by Crippen LogP contribution is 2.80. The first kappa shape index (κ1) is 18.6. The summed E-state index contributed by atoms with van der Waals surface area (Å²) in [5, 5.41) is 10.4. The quantitative estimate of drug-likeness (QED) is 0.489. The maximum atomic E-state index is 12.2. The minimum Gasteiger partial charge on any atom is -0.389 e. The Hall–Kier alpha value is -0.780. The van der Waals surface area contributed by atoms with Crippen molar-refractivity contribution in [1.82, 2.24) is 0 Å². The summed E-state index contributed by atoms with van der Waals surface area (Å²) in [6.45, 7) is 1.88. The summed E-state index contributed by atoms with van der Waals surface area (Å²) in [6.07, 6.45) is 1.40. The van der Waals surface area contributed by atoms with Crippen LogP contribution in [0.5, 0.6) is 0 Å². The van der Waals surface area contributed by atoms with Crippen molar-refractivity contribution in [1.29, 1.82) is 0 Å². The Morgan fingerprint density at radius 2 is 1.65 bits per heavy atom. The van der Waals surface area contributed by atoms with Crippen LogP contribution < -0.4 is 0 Å². The number of unbranched alkanes of at least 4 members (excludes halogenated alkanes) is 1. The standard InChI is InChI=1S/C14H20O7P2/c1-2-3-8-13(15)12-9-10-6-4-5-7-11(10)14(12,22(16,17)18)23(19,20)21/h4-7,9,13,15H,2-3,8H2,1H3,(H2,16,17,18)(H2,19,20,21). The number of benzene rings is 1. The van der Waals surface area contributed by atoms with E-state index in [-0.39, 0.29) is 17.6 Å². The molecule has 23 heavy (non-hydrogen) atoms. The van der Waals surface area contributed by atoms with Gasteiger partial charge in [-0.25, -0.2) is 0 Å². The van der Waals surface area contributed by atoms with Gasteiger partial charge in [0.15, 0.2) is 0 Å². The summed E-state index contributed by atoms with van der Waals surface area (Å²) in [7, 11) is -10.7. The Bertz CT molecular complexity index is 694. The largest absolute Gasteiger partial charge is 0.389 e. The lowest BCUT2D eigenvalue weighted by Gasteiger charge is -2.36. The van der Waals surface area contributed by atoms with Crippen molar-refractivity contribution in [2.45, 2.75) is 37.2 Å². The summed E-state index contributed by atoms with van der Waals surface area (Å²) in [4.78, 5) is 36.6. The van der Waals surface area contributed by atoms with Gasteiger partial charge < -0.3 is 24.7 Å². The molecule has 0 bridgehead atoms. The van der Waals surface area contributed by atoms with Crippen LogP contribution in [0.2, 0.25) is 0 Å². The van der Waals surface area contributed by atoms with Gasteiger partial charge in [-0.05, 0) is 23.1 Å². The molecule has 2 rings (SSSR count). The Labute approximate surface area is 134 Å². The van der Waals surface area contributed by atoms with Crippen LogP contribution in [0.1, 0.15) is 37.3 Å². The highest BCUT2D eigenvalue weighted by molar-refractivity contribution is 7.72. The Kier molecular flexibility index (Phi) is 5.05. The lowest BCUT2D eigenvalue weighted by atomic mass is 10.0. The molecule has 0 fully saturated rings. The molecular formula is C14H20O7P2. The van der Waals surface area contributed by atoms with Gasteiger partial charge >= 0.3 is 15.2 Å². The summed E-state index contributed by atoms with van der Waals surface area (Å²) >= 11 is 0. The Balaban J connectivity index is 2.75. The van der Waals surface area contributed by atoms with Crippen LogP contribution in [-0.2, 0) is 14.0 Å². The van der Waals surface area contributed by atoms with Crippen LogP contribution in [0.25, 0.3) is 6.08 Å². The van der Waals surface area contributed by atoms with E-state index >= 15 is 0 Å². The van der Waals surface area contributed by atoms with Gasteiger partial charge in [0, 0.05) is 0 Å². The number of hydrogen-bond donors (Lipinski definition) is 5. The van der Waals surface area contributed by atoms with Crippen LogP contribution in [0.3, 0.4) is 0 Å². The molecule has 1 aliphatic rings. The van der Waals surface area contributed by atoms with Gasteiger partial charge in [-0.1, -0.05) is 50.1 Å². The molecule has 128 valence electrons. The number of aliphatic hydroxyl groups is 1. The fourth-order valence-corrected chi connectivity index (χ4v) is 6.56. The van der Waals surface area contributed by atoms with Crippen molar-refractivity contribution < 1.29 is 33.8 Å². The molecule has 0 aliphatic heterocycles. The lowest BCUT2D eigenvalue weighted by Crippen LogP contribution is -2.32. The molecule has 5 N–H and O–H groups in total. The molecule has 0 spiro atoms. The second-order valence-corrected chi connectivity index (χ2v) is 9.48. The van der Waals surface area contributed by atoms with Gasteiger partial charge in [0.25, 0.3) is 0 Å². The molecule has 0 amide bonds. The topological polar surface area (TPSA) is 135 Å². The molecule has 1 aromatic carbocycles. The van der Waals surface area contributed by atoms with E-state index in [1.807, 2.05) is 6.92 Å². The Morgan fingerprint density at radius 1 is 1.09 bits per heavy atom. The molecule has 1 unspecified atom stereocenters. The summed E-state index contributed by atoms with van der Waals surface area (Å²) < 4.78 is 24.4.